The van der Waals surface area contributed by atoms with Crippen molar-refractivity contribution in [2.75, 3.05) is 7.05 Å². The van der Waals surface area contributed by atoms with Crippen LogP contribution in [0.4, 0.5) is 0 Å². The molecule has 23 heavy (non-hydrogen) atoms. The van der Waals surface area contributed by atoms with E-state index in [4.69, 9.17) is 0 Å². The van der Waals surface area contributed by atoms with Crippen molar-refractivity contribution in [3.63, 3.8) is 0 Å². The van der Waals surface area contributed by atoms with Crippen LogP contribution in [0.25, 0.3) is 10.6 Å². The predicted molar refractivity (Wildman–Crippen MR) is 90.9 cm³/mol. The van der Waals surface area contributed by atoms with Gasteiger partial charge in [-0.1, -0.05) is 30.3 Å². The molecule has 0 radical (unpaired) electrons. The number of aromatic nitrogens is 3. The Morgan fingerprint density at radius 2 is 2.09 bits per heavy atom. The number of hydrogen-bond acceptors (Lipinski definition) is 4. The van der Waals surface area contributed by atoms with E-state index >= 15 is 0 Å². The molecule has 0 aliphatic heterocycles. The van der Waals surface area contributed by atoms with Crippen molar-refractivity contribution in [3.05, 3.63) is 59.4 Å². The average molecular weight is 326 g/mol. The lowest BCUT2D eigenvalue weighted by Crippen LogP contribution is -2.25. The van der Waals surface area contributed by atoms with Gasteiger partial charge in [-0.3, -0.25) is 9.89 Å². The number of carbonyl (C=O) groups is 1. The molecule has 3 rings (SSSR count). The van der Waals surface area contributed by atoms with Gasteiger partial charge in [0, 0.05) is 36.3 Å². The number of hydrogen-bond donors (Lipinski definition) is 1. The summed E-state index contributed by atoms with van der Waals surface area (Å²) >= 11 is 1.63. The number of nitrogens with one attached hydrogen (secondary N) is 1. The number of amides is 1. The fourth-order valence-corrected chi connectivity index (χ4v) is 3.24. The van der Waals surface area contributed by atoms with E-state index < -0.39 is 0 Å². The van der Waals surface area contributed by atoms with Crippen LogP contribution in [0.3, 0.4) is 0 Å². The van der Waals surface area contributed by atoms with Crippen molar-refractivity contribution >= 4 is 17.2 Å². The Balaban J connectivity index is 1.56. The van der Waals surface area contributed by atoms with Crippen LogP contribution in [-0.2, 0) is 17.8 Å². The van der Waals surface area contributed by atoms with Gasteiger partial charge in [-0.05, 0) is 12.0 Å². The van der Waals surface area contributed by atoms with Crippen molar-refractivity contribution in [1.29, 1.82) is 0 Å². The topological polar surface area (TPSA) is 61.9 Å². The monoisotopic (exact) mass is 326 g/mol. The Bertz CT molecular complexity index is 752. The van der Waals surface area contributed by atoms with Gasteiger partial charge >= 0.3 is 0 Å². The van der Waals surface area contributed by atoms with Crippen molar-refractivity contribution < 1.29 is 4.79 Å². The summed E-state index contributed by atoms with van der Waals surface area (Å²) in [5, 5.41) is 7.63. The summed E-state index contributed by atoms with van der Waals surface area (Å²) in [6.45, 7) is 0.592. The van der Waals surface area contributed by atoms with Crippen LogP contribution in [0.5, 0.6) is 0 Å². The van der Waals surface area contributed by atoms with E-state index in [1.807, 2.05) is 49.8 Å². The number of nitrogens with zero attached hydrogens (tertiary/aromatic N) is 3. The first-order chi connectivity index (χ1) is 11.2. The lowest BCUT2D eigenvalue weighted by molar-refractivity contribution is -0.130. The summed E-state index contributed by atoms with van der Waals surface area (Å²) < 4.78 is 0. The molecule has 0 aliphatic carbocycles. The number of aryl methyl sites for hydroxylation is 1. The molecule has 5 nitrogen and oxygen atoms in total. The van der Waals surface area contributed by atoms with Gasteiger partial charge in [0.1, 0.15) is 5.01 Å². The Morgan fingerprint density at radius 3 is 2.83 bits per heavy atom. The molecule has 3 aromatic rings. The Labute approximate surface area is 139 Å². The van der Waals surface area contributed by atoms with E-state index in [2.05, 4.69) is 15.2 Å². The van der Waals surface area contributed by atoms with Gasteiger partial charge in [-0.2, -0.15) is 5.10 Å². The highest BCUT2D eigenvalue weighted by Gasteiger charge is 2.12. The number of carbonyl (C=O) groups excluding carboxylic acids is 1. The second-order valence-electron chi connectivity index (χ2n) is 5.35. The lowest BCUT2D eigenvalue weighted by atomic mass is 10.2. The number of thiazole rings is 1. The highest BCUT2D eigenvalue weighted by molar-refractivity contribution is 7.15. The minimum absolute atomic E-state index is 0.126. The molecule has 0 atom stereocenters. The Kier molecular flexibility index (Phi) is 4.83. The van der Waals surface area contributed by atoms with E-state index in [0.29, 0.717) is 19.4 Å². The lowest BCUT2D eigenvalue weighted by Gasteiger charge is -2.15. The molecule has 2 heterocycles. The second-order valence-corrected chi connectivity index (χ2v) is 6.47. The summed E-state index contributed by atoms with van der Waals surface area (Å²) in [4.78, 5) is 19.5. The molecule has 1 amide bonds. The van der Waals surface area contributed by atoms with Crippen LogP contribution in [-0.4, -0.2) is 33.0 Å². The van der Waals surface area contributed by atoms with E-state index in [1.165, 1.54) is 0 Å². The van der Waals surface area contributed by atoms with E-state index in [9.17, 15) is 4.79 Å². The molecule has 1 aromatic carbocycles. The number of benzene rings is 1. The van der Waals surface area contributed by atoms with E-state index in [-0.39, 0.29) is 5.91 Å². The standard InChI is InChI=1S/C17H18N4OS/c1-21(16(22)8-7-13-9-19-20-10-13)12-15-11-18-17(23-15)14-5-3-2-4-6-14/h2-6,9-11H,7-8,12H2,1H3,(H,19,20). The maximum absolute atomic E-state index is 12.2. The number of aromatic amines is 1. The summed E-state index contributed by atoms with van der Waals surface area (Å²) in [5.74, 6) is 0.126. The maximum Gasteiger partial charge on any atom is 0.222 e. The molecule has 0 spiro atoms. The van der Waals surface area contributed by atoms with Gasteiger partial charge in [0.25, 0.3) is 0 Å². The van der Waals surface area contributed by atoms with Gasteiger partial charge in [0.15, 0.2) is 0 Å². The molecular weight excluding hydrogens is 308 g/mol. The predicted octanol–water partition coefficient (Wildman–Crippen LogP) is 3.12. The smallest absolute Gasteiger partial charge is 0.222 e. The number of H-pyrrole nitrogens is 1. The van der Waals surface area contributed by atoms with Crippen LogP contribution in [0.2, 0.25) is 0 Å². The maximum atomic E-state index is 12.2. The molecule has 6 heteroatoms. The summed E-state index contributed by atoms with van der Waals surface area (Å²) in [5.41, 5.74) is 2.16. The van der Waals surface area contributed by atoms with Crippen LogP contribution in [0, 0.1) is 0 Å². The first kappa shape index (κ1) is 15.4. The van der Waals surface area contributed by atoms with Gasteiger partial charge in [-0.15, -0.1) is 11.3 Å². The van der Waals surface area contributed by atoms with Gasteiger partial charge < -0.3 is 4.90 Å². The molecule has 0 unspecified atom stereocenters. The van der Waals surface area contributed by atoms with Crippen LogP contribution in [0.1, 0.15) is 16.9 Å². The fraction of sp³-hybridized carbons (Fsp3) is 0.235. The number of rotatable bonds is 6. The van der Waals surface area contributed by atoms with Gasteiger partial charge in [0.2, 0.25) is 5.91 Å². The van der Waals surface area contributed by atoms with Crippen LogP contribution in [0.15, 0.2) is 48.9 Å². The minimum atomic E-state index is 0.126. The normalized spacial score (nSPS) is 10.7. The van der Waals surface area contributed by atoms with Gasteiger partial charge in [-0.25, -0.2) is 4.98 Å². The highest BCUT2D eigenvalue weighted by atomic mass is 32.1. The SMILES string of the molecule is CN(Cc1cnc(-c2ccccc2)s1)C(=O)CCc1cn[nH]c1. The zero-order valence-electron chi connectivity index (χ0n) is 12.9. The van der Waals surface area contributed by atoms with E-state index in [0.717, 1.165) is 21.0 Å². The molecule has 0 fully saturated rings. The van der Waals surface area contributed by atoms with Crippen molar-refractivity contribution in [2.24, 2.45) is 0 Å². The Morgan fingerprint density at radius 1 is 1.26 bits per heavy atom. The molecule has 118 valence electrons. The van der Waals surface area contributed by atoms with Crippen molar-refractivity contribution in [3.8, 4) is 10.6 Å². The largest absolute Gasteiger partial charge is 0.341 e. The average Bonchev–Trinajstić information content (AvgIpc) is 3.25. The van der Waals surface area contributed by atoms with Gasteiger partial charge in [0.05, 0.1) is 12.7 Å². The van der Waals surface area contributed by atoms with Crippen molar-refractivity contribution in [1.82, 2.24) is 20.1 Å². The zero-order chi connectivity index (χ0) is 16.1. The first-order valence-electron chi connectivity index (χ1n) is 7.44. The fourth-order valence-electron chi connectivity index (χ4n) is 2.27. The summed E-state index contributed by atoms with van der Waals surface area (Å²) in [7, 11) is 1.83. The quantitative estimate of drug-likeness (QED) is 0.757. The highest BCUT2D eigenvalue weighted by Crippen LogP contribution is 2.25. The summed E-state index contributed by atoms with van der Waals surface area (Å²) in [6, 6.07) is 10.1. The molecule has 1 N–H and O–H groups in total. The van der Waals surface area contributed by atoms with Crippen LogP contribution < -0.4 is 0 Å². The zero-order valence-corrected chi connectivity index (χ0v) is 13.7. The Hall–Kier alpha value is -2.47. The minimum Gasteiger partial charge on any atom is -0.341 e. The molecule has 0 saturated heterocycles. The first-order valence-corrected chi connectivity index (χ1v) is 8.26. The third-order valence-electron chi connectivity index (χ3n) is 3.58. The molecule has 0 aliphatic rings. The van der Waals surface area contributed by atoms with Crippen LogP contribution >= 0.6 is 11.3 Å². The third-order valence-corrected chi connectivity index (χ3v) is 4.61. The second kappa shape index (κ2) is 7.19. The van der Waals surface area contributed by atoms with Crippen molar-refractivity contribution in [2.45, 2.75) is 19.4 Å². The molecular formula is C17H18N4OS. The summed E-state index contributed by atoms with van der Waals surface area (Å²) in [6.07, 6.45) is 6.62. The molecule has 0 saturated carbocycles. The third kappa shape index (κ3) is 4.04. The molecule has 0 bridgehead atoms. The molecule has 2 aromatic heterocycles. The van der Waals surface area contributed by atoms with E-state index in [1.54, 1.807) is 22.4 Å².